The topological polar surface area (TPSA) is 15.8 Å². The highest BCUT2D eigenvalue weighted by Gasteiger charge is 2.17. The number of nitrogens with one attached hydrogen (secondary N) is 1. The van der Waals surface area contributed by atoms with E-state index in [0.717, 1.165) is 12.8 Å². The van der Waals surface area contributed by atoms with E-state index in [1.807, 2.05) is 0 Å². The van der Waals surface area contributed by atoms with Crippen molar-refractivity contribution in [2.24, 2.45) is 0 Å². The molecule has 0 amide bonds. The van der Waals surface area contributed by atoms with Gasteiger partial charge in [-0.25, -0.2) is 0 Å². The predicted molar refractivity (Wildman–Crippen MR) is 85.7 cm³/mol. The fourth-order valence-corrected chi connectivity index (χ4v) is 3.19. The third-order valence-electron chi connectivity index (χ3n) is 4.30. The molecule has 0 saturated carbocycles. The van der Waals surface area contributed by atoms with Gasteiger partial charge >= 0.3 is 0 Å². The number of para-hydroxylation sites is 1. The Morgan fingerprint density at radius 1 is 1.00 bits per heavy atom. The van der Waals surface area contributed by atoms with E-state index in [-0.39, 0.29) is 0 Å². The van der Waals surface area contributed by atoms with Crippen molar-refractivity contribution < 1.29 is 0 Å². The van der Waals surface area contributed by atoms with Gasteiger partial charge in [-0.1, -0.05) is 55.0 Å². The lowest BCUT2D eigenvalue weighted by molar-refractivity contribution is 1.04. The Kier molecular flexibility index (Phi) is 2.53. The highest BCUT2D eigenvalue weighted by molar-refractivity contribution is 5.98. The fourth-order valence-electron chi connectivity index (χ4n) is 3.19. The molecule has 1 aliphatic rings. The summed E-state index contributed by atoms with van der Waals surface area (Å²) in [6.07, 6.45) is 6.77. The summed E-state index contributed by atoms with van der Waals surface area (Å²) >= 11 is 0. The molecule has 3 aromatic rings. The molecular formula is C19H17N. The van der Waals surface area contributed by atoms with Gasteiger partial charge in [0.25, 0.3) is 0 Å². The molecule has 0 atom stereocenters. The summed E-state index contributed by atoms with van der Waals surface area (Å²) in [4.78, 5) is 3.38. The number of benzene rings is 2. The number of fused-ring (bicyclic) bond motifs is 2. The zero-order chi connectivity index (χ0) is 13.5. The lowest BCUT2D eigenvalue weighted by atomic mass is 9.97. The monoisotopic (exact) mass is 259 g/mol. The van der Waals surface area contributed by atoms with Crippen LogP contribution in [0.15, 0.2) is 54.2 Å². The summed E-state index contributed by atoms with van der Waals surface area (Å²) in [6.45, 7) is 2.24. The third-order valence-corrected chi connectivity index (χ3v) is 4.30. The molecular weight excluding hydrogens is 242 g/mol. The Morgan fingerprint density at radius 2 is 1.90 bits per heavy atom. The van der Waals surface area contributed by atoms with Crippen molar-refractivity contribution in [1.29, 1.82) is 0 Å². The Morgan fingerprint density at radius 3 is 2.80 bits per heavy atom. The molecule has 20 heavy (non-hydrogen) atoms. The third kappa shape index (κ3) is 1.63. The van der Waals surface area contributed by atoms with Crippen LogP contribution in [0.2, 0.25) is 0 Å². The number of aromatic nitrogens is 1. The number of H-pyrrole nitrogens is 1. The van der Waals surface area contributed by atoms with E-state index in [4.69, 9.17) is 0 Å². The normalized spacial score (nSPS) is 13.6. The Labute approximate surface area is 119 Å². The van der Waals surface area contributed by atoms with Crippen LogP contribution < -0.4 is 0 Å². The zero-order valence-electron chi connectivity index (χ0n) is 11.6. The van der Waals surface area contributed by atoms with Crippen LogP contribution >= 0.6 is 0 Å². The van der Waals surface area contributed by atoms with Crippen molar-refractivity contribution in [3.8, 4) is 11.1 Å². The number of aromatic amines is 1. The standard InChI is InChI=1S/C19H17N/c1-2-13-10-14-6-5-8-15(17(14)11-13)18-12-20-19-9-4-3-7-16(18)19/h3-9,11-12,20H,2,10H2,1H3. The van der Waals surface area contributed by atoms with Crippen molar-refractivity contribution in [2.75, 3.05) is 0 Å². The summed E-state index contributed by atoms with van der Waals surface area (Å²) < 4.78 is 0. The maximum Gasteiger partial charge on any atom is 0.0460 e. The average molecular weight is 259 g/mol. The second-order valence-corrected chi connectivity index (χ2v) is 5.46. The fraction of sp³-hybridized carbons (Fsp3) is 0.158. The first-order chi connectivity index (χ1) is 9.86. The molecule has 0 fully saturated rings. The van der Waals surface area contributed by atoms with Crippen LogP contribution in [0, 0.1) is 0 Å². The summed E-state index contributed by atoms with van der Waals surface area (Å²) in [6, 6.07) is 15.2. The highest BCUT2D eigenvalue weighted by atomic mass is 14.7. The molecule has 0 radical (unpaired) electrons. The van der Waals surface area contributed by atoms with E-state index in [2.05, 4.69) is 66.6 Å². The number of hydrogen-bond donors (Lipinski definition) is 1. The first-order valence-electron chi connectivity index (χ1n) is 7.24. The zero-order valence-corrected chi connectivity index (χ0v) is 11.6. The van der Waals surface area contributed by atoms with Gasteiger partial charge in [0.1, 0.15) is 0 Å². The second kappa shape index (κ2) is 4.38. The molecule has 0 unspecified atom stereocenters. The van der Waals surface area contributed by atoms with E-state index in [1.54, 1.807) is 0 Å². The van der Waals surface area contributed by atoms with Crippen LogP contribution in [0.3, 0.4) is 0 Å². The van der Waals surface area contributed by atoms with Gasteiger partial charge in [0.15, 0.2) is 0 Å². The van der Waals surface area contributed by atoms with Gasteiger partial charge in [0.2, 0.25) is 0 Å². The molecule has 1 nitrogen and oxygen atoms in total. The van der Waals surface area contributed by atoms with Crippen LogP contribution in [-0.4, -0.2) is 4.98 Å². The highest BCUT2D eigenvalue weighted by Crippen LogP contribution is 2.37. The Bertz CT molecular complexity index is 821. The SMILES string of the molecule is CCC1=Cc2c(cccc2-c2c[nH]c3ccccc23)C1. The summed E-state index contributed by atoms with van der Waals surface area (Å²) in [5.41, 5.74) is 8.28. The molecule has 1 N–H and O–H groups in total. The van der Waals surface area contributed by atoms with E-state index < -0.39 is 0 Å². The number of hydrogen-bond acceptors (Lipinski definition) is 0. The molecule has 0 aliphatic heterocycles. The smallest absolute Gasteiger partial charge is 0.0460 e. The molecule has 0 spiro atoms. The molecule has 0 bridgehead atoms. The Hall–Kier alpha value is -2.28. The average Bonchev–Trinajstić information content (AvgIpc) is 3.10. The lowest BCUT2D eigenvalue weighted by Crippen LogP contribution is -1.86. The number of allylic oxidation sites excluding steroid dienone is 1. The van der Waals surface area contributed by atoms with Gasteiger partial charge in [-0.2, -0.15) is 0 Å². The molecule has 1 heterocycles. The molecule has 2 aromatic carbocycles. The molecule has 1 aromatic heterocycles. The van der Waals surface area contributed by atoms with Crippen LogP contribution in [0.1, 0.15) is 24.5 Å². The summed E-state index contributed by atoms with van der Waals surface area (Å²) in [7, 11) is 0. The maximum atomic E-state index is 3.38. The predicted octanol–water partition coefficient (Wildman–Crippen LogP) is 5.18. The first-order valence-corrected chi connectivity index (χ1v) is 7.24. The van der Waals surface area contributed by atoms with Gasteiger partial charge in [-0.05, 0) is 35.6 Å². The van der Waals surface area contributed by atoms with Gasteiger partial charge < -0.3 is 4.98 Å². The maximum absolute atomic E-state index is 3.38. The minimum Gasteiger partial charge on any atom is -0.361 e. The van der Waals surface area contributed by atoms with Crippen molar-refractivity contribution in [2.45, 2.75) is 19.8 Å². The summed E-state index contributed by atoms with van der Waals surface area (Å²) in [5, 5.41) is 1.30. The van der Waals surface area contributed by atoms with Gasteiger partial charge in [0.05, 0.1) is 0 Å². The molecule has 4 rings (SSSR count). The van der Waals surface area contributed by atoms with E-state index >= 15 is 0 Å². The van der Waals surface area contributed by atoms with Crippen molar-refractivity contribution >= 4 is 17.0 Å². The van der Waals surface area contributed by atoms with Crippen LogP contribution in [0.25, 0.3) is 28.1 Å². The quantitative estimate of drug-likeness (QED) is 0.652. The largest absolute Gasteiger partial charge is 0.361 e. The van der Waals surface area contributed by atoms with Gasteiger partial charge in [-0.15, -0.1) is 0 Å². The van der Waals surface area contributed by atoms with Crippen LogP contribution in [0.5, 0.6) is 0 Å². The first kappa shape index (κ1) is 11.5. The Balaban J connectivity index is 1.96. The van der Waals surface area contributed by atoms with E-state index in [0.29, 0.717) is 0 Å². The van der Waals surface area contributed by atoms with Crippen molar-refractivity contribution in [3.05, 3.63) is 65.4 Å². The van der Waals surface area contributed by atoms with Crippen molar-refractivity contribution in [3.63, 3.8) is 0 Å². The minimum absolute atomic E-state index is 1.11. The van der Waals surface area contributed by atoms with E-state index in [9.17, 15) is 0 Å². The van der Waals surface area contributed by atoms with Crippen LogP contribution in [-0.2, 0) is 6.42 Å². The van der Waals surface area contributed by atoms with Crippen LogP contribution in [0.4, 0.5) is 0 Å². The molecule has 1 aliphatic carbocycles. The second-order valence-electron chi connectivity index (χ2n) is 5.46. The van der Waals surface area contributed by atoms with Crippen molar-refractivity contribution in [1.82, 2.24) is 4.98 Å². The number of rotatable bonds is 2. The lowest BCUT2D eigenvalue weighted by Gasteiger charge is -2.06. The summed E-state index contributed by atoms with van der Waals surface area (Å²) in [5.74, 6) is 0. The van der Waals surface area contributed by atoms with E-state index in [1.165, 1.54) is 38.7 Å². The molecule has 98 valence electrons. The van der Waals surface area contributed by atoms with Gasteiger partial charge in [0, 0.05) is 22.7 Å². The van der Waals surface area contributed by atoms with Gasteiger partial charge in [-0.3, -0.25) is 0 Å². The minimum atomic E-state index is 1.11. The molecule has 1 heteroatoms. The molecule has 0 saturated heterocycles.